The number of hydrogen-bond donors (Lipinski definition) is 2. The van der Waals surface area contributed by atoms with Crippen LogP contribution in [-0.4, -0.2) is 23.8 Å². The molecular formula is C8H12ClNO3S. The van der Waals surface area contributed by atoms with E-state index in [1.165, 1.54) is 18.2 Å². The zero-order valence-electron chi connectivity index (χ0n) is 7.64. The van der Waals surface area contributed by atoms with Crippen LogP contribution in [0.3, 0.4) is 0 Å². The minimum Gasteiger partial charge on any atom is -0.320 e. The van der Waals surface area contributed by atoms with Crippen LogP contribution >= 0.6 is 11.6 Å². The van der Waals surface area contributed by atoms with Crippen molar-refractivity contribution < 1.29 is 13.0 Å². The van der Waals surface area contributed by atoms with E-state index >= 15 is 0 Å². The lowest BCUT2D eigenvalue weighted by atomic mass is 9.89. The molecule has 0 heterocycles. The highest BCUT2D eigenvalue weighted by molar-refractivity contribution is 7.86. The van der Waals surface area contributed by atoms with Gasteiger partial charge in [-0.25, -0.2) is 0 Å². The van der Waals surface area contributed by atoms with Gasteiger partial charge in [0.25, 0.3) is 10.1 Å². The second-order valence-corrected chi connectivity index (χ2v) is 5.26. The van der Waals surface area contributed by atoms with E-state index in [2.05, 4.69) is 0 Å². The van der Waals surface area contributed by atoms with E-state index in [4.69, 9.17) is 21.9 Å². The summed E-state index contributed by atoms with van der Waals surface area (Å²) < 4.78 is 31.1. The molecule has 2 atom stereocenters. The largest absolute Gasteiger partial charge is 0.320 e. The van der Waals surface area contributed by atoms with Crippen LogP contribution in [-0.2, 0) is 10.1 Å². The van der Waals surface area contributed by atoms with Gasteiger partial charge in [-0.2, -0.15) is 8.42 Å². The van der Waals surface area contributed by atoms with Crippen LogP contribution in [0.25, 0.3) is 0 Å². The first kappa shape index (κ1) is 11.7. The molecule has 0 saturated carbocycles. The highest BCUT2D eigenvalue weighted by atomic mass is 35.5. The first-order chi connectivity index (χ1) is 6.29. The Morgan fingerprint density at radius 3 is 2.71 bits per heavy atom. The van der Waals surface area contributed by atoms with Crippen molar-refractivity contribution in [2.45, 2.75) is 24.1 Å². The van der Waals surface area contributed by atoms with Crippen molar-refractivity contribution in [3.8, 4) is 0 Å². The number of rotatable bonds is 2. The van der Waals surface area contributed by atoms with Crippen LogP contribution in [0.5, 0.6) is 0 Å². The smallest absolute Gasteiger partial charge is 0.273 e. The van der Waals surface area contributed by atoms with Gasteiger partial charge < -0.3 is 5.73 Å². The maximum atomic E-state index is 11.0. The van der Waals surface area contributed by atoms with Crippen molar-refractivity contribution in [3.63, 3.8) is 0 Å². The van der Waals surface area contributed by atoms with Gasteiger partial charge in [-0.05, 0) is 18.6 Å². The second kappa shape index (κ2) is 3.66. The van der Waals surface area contributed by atoms with Gasteiger partial charge in [-0.1, -0.05) is 24.6 Å². The summed E-state index contributed by atoms with van der Waals surface area (Å²) in [5.74, 6) is 0. The van der Waals surface area contributed by atoms with E-state index in [-0.39, 0.29) is 5.03 Å². The zero-order chi connectivity index (χ0) is 11.0. The van der Waals surface area contributed by atoms with Gasteiger partial charge in [-0.3, -0.25) is 4.55 Å². The fourth-order valence-corrected chi connectivity index (χ4v) is 2.75. The van der Waals surface area contributed by atoms with Crippen molar-refractivity contribution in [1.29, 1.82) is 0 Å². The molecule has 4 nitrogen and oxygen atoms in total. The minimum atomic E-state index is -4.22. The lowest BCUT2D eigenvalue weighted by Crippen LogP contribution is -2.52. The molecule has 2 unspecified atom stereocenters. The summed E-state index contributed by atoms with van der Waals surface area (Å²) in [6, 6.07) is 0. The highest BCUT2D eigenvalue weighted by Crippen LogP contribution is 2.28. The molecule has 6 heteroatoms. The molecule has 0 spiro atoms. The van der Waals surface area contributed by atoms with Crippen LogP contribution in [0.4, 0.5) is 0 Å². The molecule has 80 valence electrons. The van der Waals surface area contributed by atoms with Gasteiger partial charge in [-0.15, -0.1) is 0 Å². The first-order valence-electron chi connectivity index (χ1n) is 4.11. The predicted molar refractivity (Wildman–Crippen MR) is 55.6 cm³/mol. The number of halogens is 1. The molecule has 14 heavy (non-hydrogen) atoms. The molecule has 0 aromatic carbocycles. The minimum absolute atomic E-state index is 0.266. The van der Waals surface area contributed by atoms with Gasteiger partial charge in [0.15, 0.2) is 0 Å². The molecule has 0 aromatic heterocycles. The van der Waals surface area contributed by atoms with Gasteiger partial charge in [0, 0.05) is 5.03 Å². The molecule has 0 saturated heterocycles. The van der Waals surface area contributed by atoms with E-state index in [0.717, 1.165) is 0 Å². The molecule has 0 amide bonds. The van der Waals surface area contributed by atoms with E-state index in [0.29, 0.717) is 6.42 Å². The first-order valence-corrected chi connectivity index (χ1v) is 5.99. The quantitative estimate of drug-likeness (QED) is 0.704. The van der Waals surface area contributed by atoms with Crippen LogP contribution in [0.1, 0.15) is 13.3 Å². The second-order valence-electron chi connectivity index (χ2n) is 3.29. The Morgan fingerprint density at radius 1 is 1.71 bits per heavy atom. The Labute approximate surface area is 88.2 Å². The summed E-state index contributed by atoms with van der Waals surface area (Å²) in [4.78, 5) is 0. The van der Waals surface area contributed by atoms with Gasteiger partial charge in [0.1, 0.15) is 5.25 Å². The highest BCUT2D eigenvalue weighted by Gasteiger charge is 2.40. The standard InChI is InChI=1S/C8H12ClNO3S/c1-2-8(10)4-3-6(9)5-7(8)14(11,12)13/h3-5,7H,2,10H2,1H3,(H,11,12,13). The van der Waals surface area contributed by atoms with E-state index < -0.39 is 20.9 Å². The Hall–Kier alpha value is -0.360. The lowest BCUT2D eigenvalue weighted by Gasteiger charge is -2.32. The number of allylic oxidation sites excluding steroid dienone is 2. The summed E-state index contributed by atoms with van der Waals surface area (Å²) in [6.45, 7) is 1.75. The third-order valence-electron chi connectivity index (χ3n) is 2.33. The van der Waals surface area contributed by atoms with Crippen molar-refractivity contribution in [2.24, 2.45) is 5.73 Å². The van der Waals surface area contributed by atoms with Crippen molar-refractivity contribution >= 4 is 21.7 Å². The Kier molecular flexibility index (Phi) is 3.06. The molecule has 1 aliphatic rings. The fourth-order valence-electron chi connectivity index (χ4n) is 1.37. The molecule has 0 aliphatic heterocycles. The van der Waals surface area contributed by atoms with Crippen molar-refractivity contribution in [2.75, 3.05) is 0 Å². The predicted octanol–water partition coefficient (Wildman–Crippen LogP) is 1.04. The summed E-state index contributed by atoms with van der Waals surface area (Å²) in [7, 11) is -4.22. The molecular weight excluding hydrogens is 226 g/mol. The van der Waals surface area contributed by atoms with Gasteiger partial charge in [0.2, 0.25) is 0 Å². The van der Waals surface area contributed by atoms with Crippen molar-refractivity contribution in [3.05, 3.63) is 23.3 Å². The summed E-state index contributed by atoms with van der Waals surface area (Å²) >= 11 is 5.64. The van der Waals surface area contributed by atoms with Crippen LogP contribution in [0.2, 0.25) is 0 Å². The van der Waals surface area contributed by atoms with Crippen LogP contribution in [0, 0.1) is 0 Å². The third-order valence-corrected chi connectivity index (χ3v) is 3.80. The maximum absolute atomic E-state index is 11.0. The average Bonchev–Trinajstić information content (AvgIpc) is 2.08. The summed E-state index contributed by atoms with van der Waals surface area (Å²) in [5, 5.41) is -0.903. The topological polar surface area (TPSA) is 80.4 Å². The monoisotopic (exact) mass is 237 g/mol. The molecule has 3 N–H and O–H groups in total. The average molecular weight is 238 g/mol. The molecule has 0 bridgehead atoms. The zero-order valence-corrected chi connectivity index (χ0v) is 9.22. The Balaban J connectivity index is 3.19. The SMILES string of the molecule is CCC1(N)C=CC(Cl)=CC1S(=O)(=O)O. The normalized spacial score (nSPS) is 32.9. The van der Waals surface area contributed by atoms with E-state index in [1.54, 1.807) is 6.92 Å². The van der Waals surface area contributed by atoms with Crippen LogP contribution < -0.4 is 5.73 Å². The molecule has 0 fully saturated rings. The fraction of sp³-hybridized carbons (Fsp3) is 0.500. The van der Waals surface area contributed by atoms with Gasteiger partial charge >= 0.3 is 0 Å². The molecule has 0 radical (unpaired) electrons. The third kappa shape index (κ3) is 2.17. The number of nitrogens with two attached hydrogens (primary N) is 1. The van der Waals surface area contributed by atoms with Crippen molar-refractivity contribution in [1.82, 2.24) is 0 Å². The Morgan fingerprint density at radius 2 is 2.29 bits per heavy atom. The Bertz CT molecular complexity index is 387. The maximum Gasteiger partial charge on any atom is 0.273 e. The lowest BCUT2D eigenvalue weighted by molar-refractivity contribution is 0.432. The summed E-state index contributed by atoms with van der Waals surface area (Å²) in [6.07, 6.45) is 4.69. The van der Waals surface area contributed by atoms with E-state index in [9.17, 15) is 8.42 Å². The molecule has 0 aromatic rings. The molecule has 1 aliphatic carbocycles. The number of hydrogen-bond acceptors (Lipinski definition) is 3. The van der Waals surface area contributed by atoms with Gasteiger partial charge in [0.05, 0.1) is 5.54 Å². The van der Waals surface area contributed by atoms with Crippen LogP contribution in [0.15, 0.2) is 23.3 Å². The molecule has 1 rings (SSSR count). The summed E-state index contributed by atoms with van der Waals surface area (Å²) in [5.41, 5.74) is 4.74. The van der Waals surface area contributed by atoms with E-state index in [1.807, 2.05) is 0 Å².